The SMILES string of the molecule is CCNc1ccc2c(-c3c(Cl)c(C(=O)NCC(=O)NCc4ccc(-c5c6ccc(=O)cc-6oc6cc(O)ccc56)cc4)cc(Cl)c3C(=O)O)c3ccc(=[NH+]CC)cc-3oc2c1.O=C=O. The van der Waals surface area contributed by atoms with Gasteiger partial charge < -0.3 is 35.0 Å². The molecule has 322 valence electrons. The number of nitrogens with one attached hydrogen (secondary N) is 4. The van der Waals surface area contributed by atoms with E-state index in [1.54, 1.807) is 30.3 Å². The fourth-order valence-electron chi connectivity index (χ4n) is 7.50. The van der Waals surface area contributed by atoms with Crippen molar-refractivity contribution in [1.82, 2.24) is 10.6 Å². The van der Waals surface area contributed by atoms with Gasteiger partial charge in [0.15, 0.2) is 5.43 Å². The fraction of sp³-hybridized carbons (Fsp3) is 0.125. The molecule has 0 fully saturated rings. The smallest absolute Gasteiger partial charge is 0.373 e. The average Bonchev–Trinajstić information content (AvgIpc) is 3.27. The number of halogens is 2. The zero-order valence-electron chi connectivity index (χ0n) is 34.1. The van der Waals surface area contributed by atoms with Gasteiger partial charge in [0.2, 0.25) is 11.3 Å². The van der Waals surface area contributed by atoms with Crippen LogP contribution >= 0.6 is 23.2 Å². The van der Waals surface area contributed by atoms with Gasteiger partial charge in [0.05, 0.1) is 33.8 Å². The number of carbonyl (C=O) groups is 3. The van der Waals surface area contributed by atoms with Crippen LogP contribution in [0.1, 0.15) is 40.1 Å². The zero-order valence-corrected chi connectivity index (χ0v) is 35.6. The van der Waals surface area contributed by atoms with Crippen LogP contribution in [0.5, 0.6) is 5.75 Å². The Bertz CT molecular complexity index is 3230. The molecule has 0 bridgehead atoms. The second-order valence-corrected chi connectivity index (χ2v) is 15.1. The summed E-state index contributed by atoms with van der Waals surface area (Å²) in [6.45, 7) is 4.96. The number of carboxylic acids is 1. The predicted octanol–water partition coefficient (Wildman–Crippen LogP) is 6.69. The number of hydrogen-bond donors (Lipinski definition) is 6. The standard InChI is InChI=1S/C47H36Cl2N4O8.CO2/c1-3-50-26-9-13-32-36(17-26)60-37-18-27(51-4-2)10-14-33(37)42(32)44-43(47(58)59)35(48)21-34(45(44)49)46(57)53-23-40(56)52-22-24-5-7-25(8-6-24)41-30-15-11-28(54)19-38(30)61-39-20-29(55)12-16-31(39)41;2-1-3/h5-21,50,54H,3-4,22-23H2,1-2H3,(H,52,56)(H,53,57)(H,58,59);/p+1. The molecular formula is C48H37Cl2N4O10+. The van der Waals surface area contributed by atoms with Gasteiger partial charge in [0, 0.05) is 81.6 Å². The number of amides is 2. The maximum atomic E-state index is 13.8. The first kappa shape index (κ1) is 44.3. The lowest BCUT2D eigenvalue weighted by Crippen LogP contribution is -2.75. The Labute approximate surface area is 373 Å². The first-order valence-corrected chi connectivity index (χ1v) is 20.5. The highest BCUT2D eigenvalue weighted by Gasteiger charge is 2.30. The first-order valence-electron chi connectivity index (χ1n) is 19.8. The van der Waals surface area contributed by atoms with Crippen molar-refractivity contribution in [3.63, 3.8) is 0 Å². The van der Waals surface area contributed by atoms with E-state index in [0.717, 1.165) is 38.7 Å². The summed E-state index contributed by atoms with van der Waals surface area (Å²) >= 11 is 13.7. The number of anilines is 1. The van der Waals surface area contributed by atoms with Gasteiger partial charge in [-0.15, -0.1) is 0 Å². The Balaban J connectivity index is 0.00000199. The van der Waals surface area contributed by atoms with E-state index in [1.807, 2.05) is 62.4 Å². The van der Waals surface area contributed by atoms with Crippen molar-refractivity contribution in [2.45, 2.75) is 20.4 Å². The molecule has 14 nitrogen and oxygen atoms in total. The van der Waals surface area contributed by atoms with Crippen molar-refractivity contribution in [3.05, 3.63) is 145 Å². The van der Waals surface area contributed by atoms with E-state index in [4.69, 9.17) is 41.6 Å². The van der Waals surface area contributed by atoms with Gasteiger partial charge in [-0.3, -0.25) is 14.4 Å². The molecule has 8 rings (SSSR count). The summed E-state index contributed by atoms with van der Waals surface area (Å²) in [6, 6.07) is 28.9. The lowest BCUT2D eigenvalue weighted by atomic mass is 9.89. The van der Waals surface area contributed by atoms with Gasteiger partial charge in [-0.05, 0) is 73.5 Å². The van der Waals surface area contributed by atoms with Crippen molar-refractivity contribution in [2.75, 3.05) is 25.0 Å². The molecule has 0 radical (unpaired) electrons. The van der Waals surface area contributed by atoms with Crippen molar-refractivity contribution in [3.8, 4) is 50.7 Å². The van der Waals surface area contributed by atoms with Crippen molar-refractivity contribution >= 4 is 74.8 Å². The number of phenols is 1. The number of aromatic hydroxyl groups is 1. The highest BCUT2D eigenvalue weighted by Crippen LogP contribution is 2.47. The van der Waals surface area contributed by atoms with Gasteiger partial charge in [-0.25, -0.2) is 9.79 Å². The van der Waals surface area contributed by atoms with Crippen molar-refractivity contribution < 1.29 is 48.0 Å². The molecule has 0 saturated carbocycles. The third-order valence-corrected chi connectivity index (χ3v) is 10.9. The topological polar surface area (TPSA) is 219 Å². The van der Waals surface area contributed by atoms with Crippen LogP contribution in [0.2, 0.25) is 10.0 Å². The van der Waals surface area contributed by atoms with E-state index in [-0.39, 0.29) is 50.6 Å². The molecule has 0 spiro atoms. The van der Waals surface area contributed by atoms with Crippen LogP contribution in [0.3, 0.4) is 0 Å². The molecule has 2 aliphatic carbocycles. The third kappa shape index (κ3) is 9.06. The van der Waals surface area contributed by atoms with E-state index in [9.17, 15) is 29.4 Å². The summed E-state index contributed by atoms with van der Waals surface area (Å²) in [4.78, 5) is 71.3. The summed E-state index contributed by atoms with van der Waals surface area (Å²) in [5, 5.41) is 30.9. The van der Waals surface area contributed by atoms with Crippen LogP contribution < -0.4 is 31.7 Å². The molecule has 2 aliphatic heterocycles. The molecule has 2 amide bonds. The molecule has 4 aromatic carbocycles. The van der Waals surface area contributed by atoms with Crippen LogP contribution in [0.15, 0.2) is 117 Å². The van der Waals surface area contributed by atoms with E-state index < -0.39 is 24.3 Å². The number of phenolic OH excluding ortho intramolecular Hbond substituents is 1. The van der Waals surface area contributed by atoms with E-state index in [1.165, 1.54) is 24.3 Å². The minimum Gasteiger partial charge on any atom is -0.508 e. The van der Waals surface area contributed by atoms with Crippen LogP contribution in [-0.4, -0.2) is 53.8 Å². The summed E-state index contributed by atoms with van der Waals surface area (Å²) in [6.07, 6.45) is 0.250. The molecule has 64 heavy (non-hydrogen) atoms. The van der Waals surface area contributed by atoms with Crippen LogP contribution in [0.25, 0.3) is 66.8 Å². The molecule has 0 atom stereocenters. The lowest BCUT2D eigenvalue weighted by molar-refractivity contribution is -0.496. The molecule has 0 aromatic heterocycles. The number of hydrogen-bond acceptors (Lipinski definition) is 10. The molecule has 4 aromatic rings. The largest absolute Gasteiger partial charge is 0.508 e. The minimum absolute atomic E-state index is 0.0251. The molecule has 16 heteroatoms. The van der Waals surface area contributed by atoms with Gasteiger partial charge in [-0.2, -0.15) is 9.59 Å². The Morgan fingerprint density at radius 2 is 1.41 bits per heavy atom. The Morgan fingerprint density at radius 1 is 0.750 bits per heavy atom. The number of carboxylic acid groups (broad SMARTS) is 1. The van der Waals surface area contributed by atoms with Gasteiger partial charge in [-0.1, -0.05) is 47.5 Å². The first-order chi connectivity index (χ1) is 30.8. The number of fused-ring (bicyclic) bond motifs is 4. The highest BCUT2D eigenvalue weighted by atomic mass is 35.5. The van der Waals surface area contributed by atoms with Gasteiger partial charge in [0.25, 0.3) is 5.91 Å². The maximum absolute atomic E-state index is 13.8. The Morgan fingerprint density at radius 3 is 2.11 bits per heavy atom. The second kappa shape index (κ2) is 19.1. The van der Waals surface area contributed by atoms with Crippen LogP contribution in [-0.2, 0) is 20.9 Å². The van der Waals surface area contributed by atoms with Crippen LogP contribution in [0.4, 0.5) is 5.69 Å². The van der Waals surface area contributed by atoms with Crippen LogP contribution in [0, 0.1) is 0 Å². The molecule has 2 heterocycles. The maximum Gasteiger partial charge on any atom is 0.373 e. The number of rotatable bonds is 11. The number of carbonyl (C=O) groups excluding carboxylic acids is 4. The van der Waals surface area contributed by atoms with Gasteiger partial charge >= 0.3 is 12.1 Å². The molecule has 0 unspecified atom stereocenters. The zero-order chi connectivity index (χ0) is 45.7. The average molecular weight is 901 g/mol. The number of benzene rings is 6. The second-order valence-electron chi connectivity index (χ2n) is 14.3. The highest BCUT2D eigenvalue weighted by molar-refractivity contribution is 6.41. The quantitative estimate of drug-likeness (QED) is 0.0752. The Hall–Kier alpha value is -7.77. The molecule has 6 N–H and O–H groups in total. The summed E-state index contributed by atoms with van der Waals surface area (Å²) in [5.74, 6) is -1.74. The predicted molar refractivity (Wildman–Crippen MR) is 239 cm³/mol. The minimum atomic E-state index is -1.35. The van der Waals surface area contributed by atoms with Crippen molar-refractivity contribution in [2.24, 2.45) is 0 Å². The molecular weight excluding hydrogens is 863 g/mol. The Kier molecular flexibility index (Phi) is 13.2. The normalized spacial score (nSPS) is 11.3. The van der Waals surface area contributed by atoms with Gasteiger partial charge in [0.1, 0.15) is 35.0 Å². The fourth-order valence-corrected chi connectivity index (χ4v) is 8.11. The van der Waals surface area contributed by atoms with E-state index in [2.05, 4.69) is 20.9 Å². The third-order valence-electron chi connectivity index (χ3n) is 10.2. The monoisotopic (exact) mass is 899 g/mol. The van der Waals surface area contributed by atoms with Crippen molar-refractivity contribution in [1.29, 1.82) is 0 Å². The molecule has 0 saturated heterocycles. The summed E-state index contributed by atoms with van der Waals surface area (Å²) < 4.78 is 12.3. The summed E-state index contributed by atoms with van der Waals surface area (Å²) in [5.41, 5.74) is 5.11. The van der Waals surface area contributed by atoms with E-state index >= 15 is 0 Å². The lowest BCUT2D eigenvalue weighted by Gasteiger charge is -2.20. The molecule has 4 aliphatic rings. The number of aromatic carboxylic acids is 1. The summed E-state index contributed by atoms with van der Waals surface area (Å²) in [7, 11) is 0. The van der Waals surface area contributed by atoms with E-state index in [0.29, 0.717) is 52.3 Å².